The Kier molecular flexibility index (Phi) is 5.83. The van der Waals surface area contributed by atoms with E-state index in [2.05, 4.69) is 26.6 Å². The van der Waals surface area contributed by atoms with E-state index in [4.69, 9.17) is 11.6 Å². The highest BCUT2D eigenvalue weighted by Crippen LogP contribution is 2.34. The number of amides is 1. The number of anilines is 1. The molecule has 5 nitrogen and oxygen atoms in total. The number of aromatic nitrogens is 1. The first-order valence-corrected chi connectivity index (χ1v) is 10.4. The maximum Gasteiger partial charge on any atom is 0.237 e. The summed E-state index contributed by atoms with van der Waals surface area (Å²) >= 11 is 6.02. The summed E-state index contributed by atoms with van der Waals surface area (Å²) in [5.41, 5.74) is 1.14. The van der Waals surface area contributed by atoms with Gasteiger partial charge in [0.05, 0.1) is 12.6 Å². The molecule has 1 aromatic heterocycles. The van der Waals surface area contributed by atoms with Crippen molar-refractivity contribution in [3.63, 3.8) is 0 Å². The van der Waals surface area contributed by atoms with Gasteiger partial charge in [0, 0.05) is 43.4 Å². The van der Waals surface area contributed by atoms with Gasteiger partial charge in [-0.05, 0) is 49.6 Å². The third kappa shape index (κ3) is 4.47. The second-order valence-corrected chi connectivity index (χ2v) is 8.15. The van der Waals surface area contributed by atoms with E-state index in [9.17, 15) is 4.79 Å². The Morgan fingerprint density at radius 2 is 1.86 bits per heavy atom. The van der Waals surface area contributed by atoms with Crippen molar-refractivity contribution in [3.8, 4) is 0 Å². The maximum atomic E-state index is 13.2. The minimum Gasteiger partial charge on any atom is -0.354 e. The molecule has 1 aromatic carbocycles. The van der Waals surface area contributed by atoms with Crippen LogP contribution in [0.5, 0.6) is 0 Å². The lowest BCUT2D eigenvalue weighted by molar-refractivity contribution is -0.135. The Labute approximate surface area is 171 Å². The predicted octanol–water partition coefficient (Wildman–Crippen LogP) is 3.61. The van der Waals surface area contributed by atoms with Gasteiger partial charge >= 0.3 is 0 Å². The van der Waals surface area contributed by atoms with Crippen LogP contribution in [0.15, 0.2) is 48.7 Å². The Bertz CT molecular complexity index is 786. The number of benzene rings is 1. The molecule has 0 radical (unpaired) electrons. The van der Waals surface area contributed by atoms with Crippen LogP contribution in [0.3, 0.4) is 0 Å². The molecule has 1 saturated carbocycles. The Morgan fingerprint density at radius 3 is 2.46 bits per heavy atom. The van der Waals surface area contributed by atoms with E-state index >= 15 is 0 Å². The highest BCUT2D eigenvalue weighted by atomic mass is 35.5. The lowest BCUT2D eigenvalue weighted by Crippen LogP contribution is -2.51. The van der Waals surface area contributed by atoms with Crippen LogP contribution in [0.4, 0.5) is 5.82 Å². The van der Waals surface area contributed by atoms with Crippen LogP contribution in [0, 0.1) is 0 Å². The number of halogens is 1. The van der Waals surface area contributed by atoms with Gasteiger partial charge in [-0.25, -0.2) is 4.98 Å². The van der Waals surface area contributed by atoms with Crippen molar-refractivity contribution in [1.82, 2.24) is 14.8 Å². The van der Waals surface area contributed by atoms with Gasteiger partial charge in [-0.2, -0.15) is 0 Å². The summed E-state index contributed by atoms with van der Waals surface area (Å²) in [7, 11) is 0. The highest BCUT2D eigenvalue weighted by molar-refractivity contribution is 6.30. The fourth-order valence-electron chi connectivity index (χ4n) is 3.94. The number of pyridine rings is 1. The van der Waals surface area contributed by atoms with E-state index < -0.39 is 0 Å². The predicted molar refractivity (Wildman–Crippen MR) is 113 cm³/mol. The van der Waals surface area contributed by atoms with Crippen molar-refractivity contribution in [3.05, 3.63) is 59.2 Å². The average molecular weight is 399 g/mol. The molecule has 2 aliphatic rings. The van der Waals surface area contributed by atoms with Crippen molar-refractivity contribution in [2.45, 2.75) is 31.8 Å². The van der Waals surface area contributed by atoms with Crippen molar-refractivity contribution in [2.75, 3.05) is 37.6 Å². The summed E-state index contributed by atoms with van der Waals surface area (Å²) in [5, 5.41) is 0.728. The zero-order valence-corrected chi connectivity index (χ0v) is 17.1. The van der Waals surface area contributed by atoms with Crippen LogP contribution in [-0.2, 0) is 4.79 Å². The largest absolute Gasteiger partial charge is 0.354 e. The molecule has 28 heavy (non-hydrogen) atoms. The normalized spacial score (nSPS) is 18.7. The Morgan fingerprint density at radius 1 is 1.14 bits per heavy atom. The molecule has 2 aromatic rings. The molecule has 4 rings (SSSR count). The molecule has 0 N–H and O–H groups in total. The van der Waals surface area contributed by atoms with Gasteiger partial charge in [0.1, 0.15) is 5.82 Å². The van der Waals surface area contributed by atoms with E-state index in [0.29, 0.717) is 12.6 Å². The first kappa shape index (κ1) is 19.2. The topological polar surface area (TPSA) is 39.7 Å². The molecule has 1 saturated heterocycles. The molecule has 1 atom stereocenters. The number of carbonyl (C=O) groups is 1. The molecular formula is C22H27ClN4O. The fraction of sp³-hybridized carbons (Fsp3) is 0.455. The van der Waals surface area contributed by atoms with E-state index in [0.717, 1.165) is 55.4 Å². The first-order valence-electron chi connectivity index (χ1n) is 10.1. The number of carbonyl (C=O) groups excluding carboxylic acids is 1. The lowest BCUT2D eigenvalue weighted by atomic mass is 10.1. The molecule has 2 heterocycles. The molecular weight excluding hydrogens is 372 g/mol. The molecule has 1 aliphatic heterocycles. The minimum absolute atomic E-state index is 0.0760. The van der Waals surface area contributed by atoms with Crippen LogP contribution >= 0.6 is 11.6 Å². The minimum atomic E-state index is 0.0760. The third-order valence-electron chi connectivity index (χ3n) is 5.70. The van der Waals surface area contributed by atoms with Crippen LogP contribution in [0.25, 0.3) is 0 Å². The summed E-state index contributed by atoms with van der Waals surface area (Å²) in [6.07, 6.45) is 4.05. The molecule has 0 spiro atoms. The van der Waals surface area contributed by atoms with Crippen LogP contribution in [0.1, 0.15) is 31.4 Å². The van der Waals surface area contributed by atoms with Crippen molar-refractivity contribution in [2.24, 2.45) is 0 Å². The summed E-state index contributed by atoms with van der Waals surface area (Å²) in [6, 6.07) is 14.3. The molecule has 1 amide bonds. The van der Waals surface area contributed by atoms with Gasteiger partial charge in [-0.1, -0.05) is 29.8 Å². The van der Waals surface area contributed by atoms with Crippen molar-refractivity contribution < 1.29 is 4.79 Å². The standard InChI is InChI=1S/C22H27ClN4O/c1-17(18-5-7-19(23)8-6-18)27(20-9-10-20)22(28)16-25-12-14-26(15-13-25)21-4-2-3-11-24-21/h2-8,11,17,20H,9-10,12-16H2,1H3. The Balaban J connectivity index is 1.36. The molecule has 1 unspecified atom stereocenters. The van der Waals surface area contributed by atoms with Gasteiger partial charge < -0.3 is 9.80 Å². The van der Waals surface area contributed by atoms with Crippen LogP contribution in [-0.4, -0.2) is 59.5 Å². The summed E-state index contributed by atoms with van der Waals surface area (Å²) in [6.45, 7) is 6.19. The van der Waals surface area contributed by atoms with Gasteiger partial charge in [0.15, 0.2) is 0 Å². The van der Waals surface area contributed by atoms with E-state index in [1.165, 1.54) is 0 Å². The van der Waals surface area contributed by atoms with Gasteiger partial charge in [-0.3, -0.25) is 9.69 Å². The zero-order valence-electron chi connectivity index (χ0n) is 16.3. The van der Waals surface area contributed by atoms with Crippen molar-refractivity contribution in [1.29, 1.82) is 0 Å². The summed E-state index contributed by atoms with van der Waals surface area (Å²) < 4.78 is 0. The zero-order chi connectivity index (χ0) is 19.5. The lowest BCUT2D eigenvalue weighted by Gasteiger charge is -2.37. The Hall–Kier alpha value is -2.11. The van der Waals surface area contributed by atoms with Gasteiger partial charge in [0.2, 0.25) is 5.91 Å². The molecule has 148 valence electrons. The fourth-order valence-corrected chi connectivity index (χ4v) is 4.07. The van der Waals surface area contributed by atoms with Gasteiger partial charge in [-0.15, -0.1) is 0 Å². The number of hydrogen-bond acceptors (Lipinski definition) is 4. The number of hydrogen-bond donors (Lipinski definition) is 0. The number of rotatable bonds is 6. The monoisotopic (exact) mass is 398 g/mol. The van der Waals surface area contributed by atoms with Crippen molar-refractivity contribution >= 4 is 23.3 Å². The van der Waals surface area contributed by atoms with E-state index in [1.54, 1.807) is 0 Å². The SMILES string of the molecule is CC(c1ccc(Cl)cc1)N(C(=O)CN1CCN(c2ccccn2)CC1)C1CC1. The summed E-state index contributed by atoms with van der Waals surface area (Å²) in [5.74, 6) is 1.25. The van der Waals surface area contributed by atoms with Gasteiger partial charge in [0.25, 0.3) is 0 Å². The average Bonchev–Trinajstić information content (AvgIpc) is 3.55. The highest BCUT2D eigenvalue weighted by Gasteiger charge is 2.37. The number of nitrogens with zero attached hydrogens (tertiary/aromatic N) is 4. The molecule has 2 fully saturated rings. The smallest absolute Gasteiger partial charge is 0.237 e. The number of piperazine rings is 1. The quantitative estimate of drug-likeness (QED) is 0.745. The second kappa shape index (κ2) is 8.50. The first-order chi connectivity index (χ1) is 13.6. The maximum absolute atomic E-state index is 13.2. The van der Waals surface area contributed by atoms with E-state index in [1.807, 2.05) is 48.7 Å². The molecule has 6 heteroatoms. The second-order valence-electron chi connectivity index (χ2n) is 7.71. The third-order valence-corrected chi connectivity index (χ3v) is 5.95. The van der Waals surface area contributed by atoms with E-state index in [-0.39, 0.29) is 11.9 Å². The summed E-state index contributed by atoms with van der Waals surface area (Å²) in [4.78, 5) is 24.2. The van der Waals surface area contributed by atoms with Crippen LogP contribution < -0.4 is 4.90 Å². The molecule has 1 aliphatic carbocycles. The molecule has 0 bridgehead atoms. The van der Waals surface area contributed by atoms with Crippen LogP contribution in [0.2, 0.25) is 5.02 Å².